The lowest BCUT2D eigenvalue weighted by molar-refractivity contribution is -0.119. The standard InChI is InChI=1S/C19H21N3O7S2/c1-12-2-3-13(10-15(12)31(26,27)22-5-7-28-8-6-22)19(25)29-11-16(23)21-18-14(17(20)24)4-9-30-18/h2-4,9-10H,5-8,11H2,1H3,(H2,20,24)(H,21,23). The van der Waals surface area contributed by atoms with Crippen LogP contribution >= 0.6 is 11.3 Å². The topological polar surface area (TPSA) is 145 Å². The predicted molar refractivity (Wildman–Crippen MR) is 113 cm³/mol. The minimum Gasteiger partial charge on any atom is -0.452 e. The molecule has 2 aromatic rings. The van der Waals surface area contributed by atoms with Crippen LogP contribution in [0.4, 0.5) is 5.00 Å². The van der Waals surface area contributed by atoms with Gasteiger partial charge in [0.15, 0.2) is 6.61 Å². The van der Waals surface area contributed by atoms with Crippen molar-refractivity contribution in [3.05, 3.63) is 46.3 Å². The number of carbonyl (C=O) groups is 3. The number of thiophene rings is 1. The number of primary amides is 1. The van der Waals surface area contributed by atoms with Gasteiger partial charge in [-0.1, -0.05) is 6.07 Å². The fraction of sp³-hybridized carbons (Fsp3) is 0.316. The summed E-state index contributed by atoms with van der Waals surface area (Å²) in [6.45, 7) is 2.08. The molecule has 1 fully saturated rings. The molecule has 2 amide bonds. The largest absolute Gasteiger partial charge is 0.452 e. The summed E-state index contributed by atoms with van der Waals surface area (Å²) in [6.07, 6.45) is 0. The maximum absolute atomic E-state index is 12.9. The second-order valence-corrected chi connectivity index (χ2v) is 9.47. The van der Waals surface area contributed by atoms with Crippen molar-refractivity contribution >= 4 is 44.1 Å². The Labute approximate surface area is 183 Å². The van der Waals surface area contributed by atoms with Crippen molar-refractivity contribution in [2.24, 2.45) is 5.73 Å². The first-order valence-electron chi connectivity index (χ1n) is 9.23. The van der Waals surface area contributed by atoms with Crippen LogP contribution in [0.15, 0.2) is 34.5 Å². The molecular formula is C19H21N3O7S2. The zero-order chi connectivity index (χ0) is 22.6. The molecule has 3 N–H and O–H groups in total. The molecule has 31 heavy (non-hydrogen) atoms. The first kappa shape index (κ1) is 22.9. The van der Waals surface area contributed by atoms with E-state index in [9.17, 15) is 22.8 Å². The molecule has 3 rings (SSSR count). The average Bonchev–Trinajstić information content (AvgIpc) is 3.21. The van der Waals surface area contributed by atoms with Crippen LogP contribution in [0, 0.1) is 6.92 Å². The third kappa shape index (κ3) is 5.28. The van der Waals surface area contributed by atoms with Crippen LogP contribution in [0.2, 0.25) is 0 Å². The number of nitrogens with zero attached hydrogens (tertiary/aromatic N) is 1. The number of aryl methyl sites for hydroxylation is 1. The number of anilines is 1. The Bertz CT molecular complexity index is 1110. The van der Waals surface area contributed by atoms with Gasteiger partial charge in [0.05, 0.1) is 29.2 Å². The Kier molecular flexibility index (Phi) is 7.05. The highest BCUT2D eigenvalue weighted by atomic mass is 32.2. The summed E-state index contributed by atoms with van der Waals surface area (Å²) in [5.41, 5.74) is 5.86. The van der Waals surface area contributed by atoms with Crippen LogP contribution in [-0.4, -0.2) is 63.4 Å². The molecule has 10 nitrogen and oxygen atoms in total. The third-order valence-corrected chi connectivity index (χ3v) is 7.40. The predicted octanol–water partition coefficient (Wildman–Crippen LogP) is 0.972. The van der Waals surface area contributed by atoms with E-state index < -0.39 is 34.4 Å². The van der Waals surface area contributed by atoms with Gasteiger partial charge in [0.1, 0.15) is 5.00 Å². The molecule has 12 heteroatoms. The highest BCUT2D eigenvalue weighted by Gasteiger charge is 2.28. The van der Waals surface area contributed by atoms with Crippen molar-refractivity contribution in [3.63, 3.8) is 0 Å². The molecule has 1 aromatic carbocycles. The van der Waals surface area contributed by atoms with E-state index in [1.807, 2.05) is 0 Å². The fourth-order valence-corrected chi connectivity index (χ4v) is 5.38. The zero-order valence-electron chi connectivity index (χ0n) is 16.6. The normalized spacial score (nSPS) is 14.7. The van der Waals surface area contributed by atoms with Gasteiger partial charge >= 0.3 is 5.97 Å². The quantitative estimate of drug-likeness (QED) is 0.577. The smallest absolute Gasteiger partial charge is 0.338 e. The van der Waals surface area contributed by atoms with Gasteiger partial charge in [-0.15, -0.1) is 11.3 Å². The first-order valence-corrected chi connectivity index (χ1v) is 11.5. The average molecular weight is 468 g/mol. The van der Waals surface area contributed by atoms with Gasteiger partial charge in [0, 0.05) is 13.1 Å². The Morgan fingerprint density at radius 1 is 1.23 bits per heavy atom. The van der Waals surface area contributed by atoms with E-state index >= 15 is 0 Å². The van der Waals surface area contributed by atoms with Gasteiger partial charge in [-0.3, -0.25) is 9.59 Å². The maximum Gasteiger partial charge on any atom is 0.338 e. The number of nitrogens with two attached hydrogens (primary N) is 1. The van der Waals surface area contributed by atoms with Crippen molar-refractivity contribution in [2.75, 3.05) is 38.2 Å². The Hall–Kier alpha value is -2.80. The van der Waals surface area contributed by atoms with Gasteiger partial charge in [-0.05, 0) is 36.1 Å². The zero-order valence-corrected chi connectivity index (χ0v) is 18.3. The van der Waals surface area contributed by atoms with E-state index in [1.54, 1.807) is 12.3 Å². The van der Waals surface area contributed by atoms with Gasteiger partial charge in [-0.2, -0.15) is 4.31 Å². The number of esters is 1. The van der Waals surface area contributed by atoms with E-state index in [-0.39, 0.29) is 34.1 Å². The van der Waals surface area contributed by atoms with Crippen LogP contribution in [0.25, 0.3) is 0 Å². The lowest BCUT2D eigenvalue weighted by atomic mass is 10.1. The maximum atomic E-state index is 12.9. The second kappa shape index (κ2) is 9.56. The highest BCUT2D eigenvalue weighted by Crippen LogP contribution is 2.24. The Morgan fingerprint density at radius 2 is 1.94 bits per heavy atom. The summed E-state index contributed by atoms with van der Waals surface area (Å²) in [5, 5.41) is 4.29. The van der Waals surface area contributed by atoms with Crippen LogP contribution in [0.1, 0.15) is 26.3 Å². The van der Waals surface area contributed by atoms with Gasteiger partial charge < -0.3 is 20.5 Å². The minimum absolute atomic E-state index is 0.000756. The highest BCUT2D eigenvalue weighted by molar-refractivity contribution is 7.89. The molecule has 166 valence electrons. The van der Waals surface area contributed by atoms with Gasteiger partial charge in [0.25, 0.3) is 11.8 Å². The van der Waals surface area contributed by atoms with E-state index in [0.717, 1.165) is 11.3 Å². The molecule has 1 saturated heterocycles. The lowest BCUT2D eigenvalue weighted by Gasteiger charge is -2.26. The second-order valence-electron chi connectivity index (χ2n) is 6.65. The van der Waals surface area contributed by atoms with Crippen LogP contribution in [0.5, 0.6) is 0 Å². The summed E-state index contributed by atoms with van der Waals surface area (Å²) < 4.78 is 37.4. The molecule has 0 radical (unpaired) electrons. The summed E-state index contributed by atoms with van der Waals surface area (Å²) in [6, 6.07) is 5.65. The van der Waals surface area contributed by atoms with Crippen LogP contribution in [-0.2, 0) is 24.3 Å². The number of hydrogen-bond donors (Lipinski definition) is 2. The molecule has 1 aliphatic rings. The van der Waals surface area contributed by atoms with Crippen LogP contribution in [0.3, 0.4) is 0 Å². The number of benzene rings is 1. The molecule has 0 atom stereocenters. The van der Waals surface area contributed by atoms with Crippen LogP contribution < -0.4 is 11.1 Å². The van der Waals surface area contributed by atoms with E-state index in [1.165, 1.54) is 28.6 Å². The van der Waals surface area contributed by atoms with E-state index in [0.29, 0.717) is 18.8 Å². The summed E-state index contributed by atoms with van der Waals surface area (Å²) in [5.74, 6) is -2.20. The number of morpholine rings is 1. The first-order chi connectivity index (χ1) is 14.7. The summed E-state index contributed by atoms with van der Waals surface area (Å²) in [4.78, 5) is 35.8. The van der Waals surface area contributed by atoms with Crippen molar-refractivity contribution in [2.45, 2.75) is 11.8 Å². The molecule has 2 heterocycles. The van der Waals surface area contributed by atoms with E-state index in [2.05, 4.69) is 5.32 Å². The van der Waals surface area contributed by atoms with Gasteiger partial charge in [0.2, 0.25) is 10.0 Å². The summed E-state index contributed by atoms with van der Waals surface area (Å²) in [7, 11) is -3.80. The number of amides is 2. The lowest BCUT2D eigenvalue weighted by Crippen LogP contribution is -2.40. The number of ether oxygens (including phenoxy) is 2. The molecule has 0 spiro atoms. The van der Waals surface area contributed by atoms with Crippen molar-refractivity contribution in [3.8, 4) is 0 Å². The number of carbonyl (C=O) groups excluding carboxylic acids is 3. The number of nitrogens with one attached hydrogen (secondary N) is 1. The monoisotopic (exact) mass is 467 g/mol. The third-order valence-electron chi connectivity index (χ3n) is 4.53. The van der Waals surface area contributed by atoms with Crippen molar-refractivity contribution in [1.29, 1.82) is 0 Å². The van der Waals surface area contributed by atoms with Crippen molar-refractivity contribution < 1.29 is 32.3 Å². The number of rotatable bonds is 7. The number of sulfonamides is 1. The number of hydrogen-bond acceptors (Lipinski definition) is 8. The molecular weight excluding hydrogens is 446 g/mol. The Morgan fingerprint density at radius 3 is 2.61 bits per heavy atom. The van der Waals surface area contributed by atoms with Crippen molar-refractivity contribution in [1.82, 2.24) is 4.31 Å². The van der Waals surface area contributed by atoms with Gasteiger partial charge in [-0.25, -0.2) is 13.2 Å². The fourth-order valence-electron chi connectivity index (χ4n) is 2.91. The molecule has 0 unspecified atom stereocenters. The minimum atomic E-state index is -3.80. The molecule has 1 aliphatic heterocycles. The SMILES string of the molecule is Cc1ccc(C(=O)OCC(=O)Nc2sccc2C(N)=O)cc1S(=O)(=O)N1CCOCC1. The summed E-state index contributed by atoms with van der Waals surface area (Å²) >= 11 is 1.10. The molecule has 0 bridgehead atoms. The molecule has 0 aliphatic carbocycles. The molecule has 0 saturated carbocycles. The van der Waals surface area contributed by atoms with E-state index in [4.69, 9.17) is 15.2 Å². The molecule has 1 aromatic heterocycles. The Balaban J connectivity index is 1.68.